The molecule has 1 aliphatic rings. The number of halogens is 2. The van der Waals surface area contributed by atoms with Crippen molar-refractivity contribution >= 4 is 34.9 Å². The van der Waals surface area contributed by atoms with Crippen molar-refractivity contribution in [2.24, 2.45) is 0 Å². The van der Waals surface area contributed by atoms with Crippen molar-refractivity contribution in [3.8, 4) is 5.75 Å². The van der Waals surface area contributed by atoms with Crippen molar-refractivity contribution in [1.29, 1.82) is 0 Å². The van der Waals surface area contributed by atoms with Crippen molar-refractivity contribution in [1.82, 2.24) is 5.32 Å². The summed E-state index contributed by atoms with van der Waals surface area (Å²) in [5, 5.41) is 24.0. The molecule has 4 N–H and O–H groups in total. The normalized spacial score (nSPS) is 12.3. The topological polar surface area (TPSA) is 100 Å². The highest BCUT2D eigenvalue weighted by Gasteiger charge is 2.15. The molecule has 3 aromatic carbocycles. The van der Waals surface area contributed by atoms with Gasteiger partial charge in [0.05, 0.1) is 15.7 Å². The van der Waals surface area contributed by atoms with Crippen LogP contribution in [-0.2, 0) is 35.7 Å². The zero-order valence-electron chi connectivity index (χ0n) is 20.3. The van der Waals surface area contributed by atoms with Gasteiger partial charge in [0.25, 0.3) is 0 Å². The number of benzene rings is 3. The van der Waals surface area contributed by atoms with Crippen LogP contribution in [0.3, 0.4) is 0 Å². The number of carbonyl (C=O) groups is 1. The number of nitrogens with one attached hydrogen (secondary N) is 2. The van der Waals surface area contributed by atoms with E-state index in [1.807, 2.05) is 54.6 Å². The van der Waals surface area contributed by atoms with Crippen molar-refractivity contribution < 1.29 is 24.8 Å². The van der Waals surface area contributed by atoms with Crippen LogP contribution in [0, 0.1) is 0 Å². The lowest BCUT2D eigenvalue weighted by molar-refractivity contribution is -0.206. The van der Waals surface area contributed by atoms with Gasteiger partial charge in [-0.05, 0) is 66.4 Å². The fraction of sp³-hybridized carbons (Fsp3) is 0.250. The molecule has 37 heavy (non-hydrogen) atoms. The first-order valence-corrected chi connectivity index (χ1v) is 12.5. The first-order valence-electron chi connectivity index (χ1n) is 11.8. The van der Waals surface area contributed by atoms with Crippen LogP contribution in [0.4, 0.5) is 5.69 Å². The van der Waals surface area contributed by atoms with Gasteiger partial charge in [0.1, 0.15) is 24.5 Å². The standard InChI is InChI=1S/C24H24Cl2N2O.C4H6O4/c25-21-8-7-19-10-12-27-13-11-20(19)24(21)28-15-18-6-9-23(22(26)14-18)29-16-17-4-2-1-3-5-17;1-3(8-7)2-4(5)6/h1-9,14,27-28H,10-13,15-16H2;7H,1-2H2,(H,5,6). The van der Waals surface area contributed by atoms with E-state index in [-0.39, 0.29) is 12.2 Å². The Morgan fingerprint density at radius 1 is 1.00 bits per heavy atom. The van der Waals surface area contributed by atoms with Gasteiger partial charge >= 0.3 is 5.97 Å². The van der Waals surface area contributed by atoms with Gasteiger partial charge in [-0.2, -0.15) is 0 Å². The Bertz CT molecular complexity index is 1200. The zero-order valence-corrected chi connectivity index (χ0v) is 21.8. The summed E-state index contributed by atoms with van der Waals surface area (Å²) in [5.41, 5.74) is 5.92. The summed E-state index contributed by atoms with van der Waals surface area (Å²) in [7, 11) is 0. The number of ether oxygens (including phenoxy) is 1. The number of carboxylic acid groups (broad SMARTS) is 1. The molecule has 4 rings (SSSR count). The molecule has 7 nitrogen and oxygen atoms in total. The fourth-order valence-corrected chi connectivity index (χ4v) is 4.33. The van der Waals surface area contributed by atoms with Crippen LogP contribution in [0.25, 0.3) is 0 Å². The SMILES string of the molecule is C=C(CC(=O)O)OO.Clc1cc(CNc2c(Cl)ccc3c2CCNCC3)ccc1OCc1ccccc1. The Morgan fingerprint density at radius 3 is 2.43 bits per heavy atom. The minimum atomic E-state index is -1.08. The minimum absolute atomic E-state index is 0.169. The molecular formula is C28H30Cl2N2O5. The van der Waals surface area contributed by atoms with Gasteiger partial charge in [-0.1, -0.05) is 72.2 Å². The second kappa shape index (κ2) is 14.5. The van der Waals surface area contributed by atoms with Crippen molar-refractivity contribution in [2.75, 3.05) is 18.4 Å². The predicted molar refractivity (Wildman–Crippen MR) is 146 cm³/mol. The summed E-state index contributed by atoms with van der Waals surface area (Å²) in [5.74, 6) is -0.557. The van der Waals surface area contributed by atoms with E-state index in [1.165, 1.54) is 11.1 Å². The lowest BCUT2D eigenvalue weighted by Gasteiger charge is -2.17. The molecule has 0 aromatic heterocycles. The molecule has 1 aliphatic heterocycles. The number of fused-ring (bicyclic) bond motifs is 1. The van der Waals surface area contributed by atoms with Gasteiger partial charge in [-0.15, -0.1) is 0 Å². The summed E-state index contributed by atoms with van der Waals surface area (Å²) in [6, 6.07) is 20.1. The third-order valence-electron chi connectivity index (χ3n) is 5.66. The first-order chi connectivity index (χ1) is 17.9. The van der Waals surface area contributed by atoms with Crippen LogP contribution in [-0.4, -0.2) is 29.4 Å². The highest BCUT2D eigenvalue weighted by atomic mass is 35.5. The van der Waals surface area contributed by atoms with Crippen LogP contribution in [0.1, 0.15) is 28.7 Å². The minimum Gasteiger partial charge on any atom is -0.487 e. The molecule has 0 aliphatic carbocycles. The maximum absolute atomic E-state index is 9.72. The molecule has 196 valence electrons. The molecule has 1 heterocycles. The fourth-order valence-electron chi connectivity index (χ4n) is 3.83. The van der Waals surface area contributed by atoms with Crippen LogP contribution in [0.2, 0.25) is 10.0 Å². The average molecular weight is 545 g/mol. The maximum Gasteiger partial charge on any atom is 0.311 e. The molecule has 0 radical (unpaired) electrons. The summed E-state index contributed by atoms with van der Waals surface area (Å²) in [4.78, 5) is 13.2. The number of anilines is 1. The zero-order chi connectivity index (χ0) is 26.6. The van der Waals surface area contributed by atoms with Gasteiger partial charge in [0.15, 0.2) is 0 Å². The Morgan fingerprint density at radius 2 is 1.76 bits per heavy atom. The van der Waals surface area contributed by atoms with Crippen LogP contribution < -0.4 is 15.4 Å². The maximum atomic E-state index is 9.72. The second-order valence-corrected chi connectivity index (χ2v) is 9.22. The third kappa shape index (κ3) is 8.98. The highest BCUT2D eigenvalue weighted by molar-refractivity contribution is 6.33. The van der Waals surface area contributed by atoms with E-state index in [2.05, 4.69) is 28.2 Å². The summed E-state index contributed by atoms with van der Waals surface area (Å²) >= 11 is 13.0. The van der Waals surface area contributed by atoms with Crippen molar-refractivity contribution in [3.05, 3.63) is 105 Å². The van der Waals surface area contributed by atoms with Crippen molar-refractivity contribution in [3.63, 3.8) is 0 Å². The molecule has 0 fully saturated rings. The number of hydrogen-bond donors (Lipinski definition) is 4. The summed E-state index contributed by atoms with van der Waals surface area (Å²) in [6.07, 6.45) is 1.64. The second-order valence-electron chi connectivity index (χ2n) is 8.40. The first kappa shape index (κ1) is 28.3. The molecule has 9 heteroatoms. The average Bonchev–Trinajstić information content (AvgIpc) is 3.14. The molecule has 0 saturated carbocycles. The molecule has 0 amide bonds. The van der Waals surface area contributed by atoms with Gasteiger partial charge in [-0.25, -0.2) is 5.26 Å². The molecule has 0 bridgehead atoms. The molecule has 3 aromatic rings. The number of carboxylic acids is 1. The summed E-state index contributed by atoms with van der Waals surface area (Å²) in [6.45, 7) is 6.19. The van der Waals surface area contributed by atoms with Crippen LogP contribution in [0.5, 0.6) is 5.75 Å². The van der Waals surface area contributed by atoms with E-state index in [1.54, 1.807) is 0 Å². The van der Waals surface area contributed by atoms with E-state index < -0.39 is 5.97 Å². The molecule has 0 unspecified atom stereocenters. The number of hydrogen-bond acceptors (Lipinski definition) is 6. The van der Waals surface area contributed by atoms with E-state index in [4.69, 9.17) is 38.3 Å². The van der Waals surface area contributed by atoms with Crippen LogP contribution >= 0.6 is 23.2 Å². The highest BCUT2D eigenvalue weighted by Crippen LogP contribution is 2.32. The molecular weight excluding hydrogens is 515 g/mol. The largest absolute Gasteiger partial charge is 0.487 e. The Hall–Kier alpha value is -3.23. The molecule has 0 spiro atoms. The van der Waals surface area contributed by atoms with E-state index in [0.717, 1.165) is 47.8 Å². The lowest BCUT2D eigenvalue weighted by Crippen LogP contribution is -2.16. The Labute approximate surface area is 226 Å². The summed E-state index contributed by atoms with van der Waals surface area (Å²) < 4.78 is 5.87. The molecule has 0 saturated heterocycles. The monoisotopic (exact) mass is 544 g/mol. The number of aliphatic carboxylic acids is 1. The van der Waals surface area contributed by atoms with Gasteiger partial charge in [0, 0.05) is 6.54 Å². The number of rotatable bonds is 9. The third-order valence-corrected chi connectivity index (χ3v) is 6.27. The quantitative estimate of drug-likeness (QED) is 0.142. The van der Waals surface area contributed by atoms with Crippen LogP contribution in [0.15, 0.2) is 73.0 Å². The molecule has 0 atom stereocenters. The van der Waals surface area contributed by atoms with Gasteiger partial charge in [0.2, 0.25) is 0 Å². The Balaban J connectivity index is 0.000000414. The van der Waals surface area contributed by atoms with Gasteiger partial charge in [-0.3, -0.25) is 4.79 Å². The van der Waals surface area contributed by atoms with Crippen molar-refractivity contribution in [2.45, 2.75) is 32.4 Å². The lowest BCUT2D eigenvalue weighted by atomic mass is 10.0. The van der Waals surface area contributed by atoms with E-state index >= 15 is 0 Å². The van der Waals surface area contributed by atoms with Gasteiger partial charge < -0.3 is 25.4 Å². The Kier molecular flexibility index (Phi) is 11.1. The predicted octanol–water partition coefficient (Wildman–Crippen LogP) is 6.34. The van der Waals surface area contributed by atoms with E-state index in [0.29, 0.717) is 23.9 Å². The smallest absolute Gasteiger partial charge is 0.311 e. The van der Waals surface area contributed by atoms with E-state index in [9.17, 15) is 4.79 Å².